The number of nitrogens with one attached hydrogen (secondary N) is 1. The van der Waals surface area contributed by atoms with Crippen LogP contribution in [-0.2, 0) is 13.2 Å². The summed E-state index contributed by atoms with van der Waals surface area (Å²) in [5, 5.41) is 5.90. The van der Waals surface area contributed by atoms with Crippen LogP contribution in [0.5, 0.6) is 0 Å². The van der Waals surface area contributed by atoms with Crippen LogP contribution in [0.1, 0.15) is 16.1 Å². The van der Waals surface area contributed by atoms with Crippen LogP contribution < -0.4 is 5.32 Å². The number of hydrogen-bond donors (Lipinski definition) is 1. The highest BCUT2D eigenvalue weighted by Gasteiger charge is 2.34. The van der Waals surface area contributed by atoms with Gasteiger partial charge in [0.05, 0.1) is 11.3 Å². The van der Waals surface area contributed by atoms with E-state index in [1.807, 2.05) is 5.32 Å². The molecular weight excluding hydrogens is 369 g/mol. The third-order valence-electron chi connectivity index (χ3n) is 3.82. The maximum Gasteiger partial charge on any atom is 0.417 e. The van der Waals surface area contributed by atoms with Crippen molar-refractivity contribution in [2.24, 2.45) is 7.05 Å². The van der Waals surface area contributed by atoms with Gasteiger partial charge in [-0.1, -0.05) is 24.3 Å². The Bertz CT molecular complexity index is 990. The van der Waals surface area contributed by atoms with Gasteiger partial charge < -0.3 is 5.32 Å². The zero-order valence-corrected chi connectivity index (χ0v) is 13.8. The van der Waals surface area contributed by atoms with Crippen molar-refractivity contribution in [3.63, 3.8) is 0 Å². The molecule has 1 heterocycles. The second-order valence-electron chi connectivity index (χ2n) is 5.63. The zero-order chi connectivity index (χ0) is 19.8. The van der Waals surface area contributed by atoms with E-state index in [4.69, 9.17) is 0 Å². The second kappa shape index (κ2) is 6.82. The summed E-state index contributed by atoms with van der Waals surface area (Å²) in [6, 6.07) is 9.01. The van der Waals surface area contributed by atoms with Gasteiger partial charge in [-0.05, 0) is 24.3 Å². The normalized spacial score (nSPS) is 11.5. The molecule has 1 N–H and O–H groups in total. The van der Waals surface area contributed by atoms with Crippen molar-refractivity contribution in [2.45, 2.75) is 6.18 Å². The molecule has 0 aliphatic rings. The Balaban J connectivity index is 1.98. The first-order chi connectivity index (χ1) is 12.7. The van der Waals surface area contributed by atoms with Gasteiger partial charge in [-0.2, -0.15) is 18.3 Å². The van der Waals surface area contributed by atoms with Crippen LogP contribution in [0.3, 0.4) is 0 Å². The summed E-state index contributed by atoms with van der Waals surface area (Å²) in [5.41, 5.74) is -1.98. The molecule has 0 bridgehead atoms. The summed E-state index contributed by atoms with van der Waals surface area (Å²) in [6.07, 6.45) is -4.60. The number of aromatic nitrogens is 2. The number of hydrogen-bond acceptors (Lipinski definition) is 2. The van der Waals surface area contributed by atoms with Crippen LogP contribution in [0.25, 0.3) is 11.3 Å². The minimum absolute atomic E-state index is 0.0297. The molecule has 0 saturated carbocycles. The number of alkyl halides is 3. The first-order valence-electron chi connectivity index (χ1n) is 7.64. The number of benzene rings is 2. The summed E-state index contributed by atoms with van der Waals surface area (Å²) >= 11 is 0. The second-order valence-corrected chi connectivity index (χ2v) is 5.63. The molecule has 1 amide bonds. The highest BCUT2D eigenvalue weighted by Crippen LogP contribution is 2.37. The Hall–Kier alpha value is -3.23. The molecule has 140 valence electrons. The number of nitrogens with zero attached hydrogens (tertiary/aromatic N) is 2. The fraction of sp³-hybridized carbons (Fsp3) is 0.111. The maximum absolute atomic E-state index is 13.7. The summed E-state index contributed by atoms with van der Waals surface area (Å²) in [6.45, 7) is 0. The Morgan fingerprint density at radius 1 is 1.04 bits per heavy atom. The van der Waals surface area contributed by atoms with Gasteiger partial charge in [-0.15, -0.1) is 0 Å². The number of carbonyl (C=O) groups excluding carboxylic acids is 1. The fourth-order valence-electron chi connectivity index (χ4n) is 2.58. The molecule has 9 heteroatoms. The number of anilines is 1. The van der Waals surface area contributed by atoms with Crippen LogP contribution in [0.2, 0.25) is 0 Å². The molecule has 4 nitrogen and oxygen atoms in total. The lowest BCUT2D eigenvalue weighted by atomic mass is 10.0. The molecule has 27 heavy (non-hydrogen) atoms. The standard InChI is InChI=1S/C18H12F5N3O/c1-26-15(10-5-2-3-6-11(10)18(21,22)23)9-14(25-26)17(27)24-16-12(19)7-4-8-13(16)20/h2-9H,1H3,(H,24,27). The SMILES string of the molecule is Cn1nc(C(=O)Nc2c(F)cccc2F)cc1-c1ccccc1C(F)(F)F. The van der Waals surface area contributed by atoms with E-state index in [0.717, 1.165) is 35.0 Å². The van der Waals surface area contributed by atoms with Crippen molar-refractivity contribution >= 4 is 11.6 Å². The summed E-state index contributed by atoms with van der Waals surface area (Å²) in [5.74, 6) is -2.92. The molecule has 0 radical (unpaired) electrons. The van der Waals surface area contributed by atoms with Crippen LogP contribution in [0.4, 0.5) is 27.6 Å². The maximum atomic E-state index is 13.7. The van der Waals surface area contributed by atoms with Gasteiger partial charge in [0, 0.05) is 12.6 Å². The van der Waals surface area contributed by atoms with E-state index in [2.05, 4.69) is 5.10 Å². The largest absolute Gasteiger partial charge is 0.417 e. The highest BCUT2D eigenvalue weighted by atomic mass is 19.4. The molecular formula is C18H12F5N3O. The van der Waals surface area contributed by atoms with E-state index in [9.17, 15) is 26.7 Å². The first-order valence-corrected chi connectivity index (χ1v) is 7.64. The lowest BCUT2D eigenvalue weighted by Gasteiger charge is -2.12. The van der Waals surface area contributed by atoms with Crippen LogP contribution >= 0.6 is 0 Å². The van der Waals surface area contributed by atoms with Gasteiger partial charge in [0.2, 0.25) is 0 Å². The van der Waals surface area contributed by atoms with Gasteiger partial charge in [-0.3, -0.25) is 9.48 Å². The molecule has 2 aromatic carbocycles. The topological polar surface area (TPSA) is 46.9 Å². The van der Waals surface area contributed by atoms with Gasteiger partial charge in [0.25, 0.3) is 5.91 Å². The van der Waals surface area contributed by atoms with Crippen molar-refractivity contribution in [1.82, 2.24) is 9.78 Å². The predicted octanol–water partition coefficient (Wildman–Crippen LogP) is 4.64. The first kappa shape index (κ1) is 18.6. The van der Waals surface area contributed by atoms with Gasteiger partial charge >= 0.3 is 6.18 Å². The van der Waals surface area contributed by atoms with Gasteiger partial charge in [0.15, 0.2) is 5.69 Å². The number of halogens is 5. The van der Waals surface area contributed by atoms with Crippen molar-refractivity contribution < 1.29 is 26.7 Å². The van der Waals surface area contributed by atoms with E-state index >= 15 is 0 Å². The lowest BCUT2D eigenvalue weighted by Crippen LogP contribution is -2.15. The molecule has 0 unspecified atom stereocenters. The molecule has 0 aliphatic heterocycles. The minimum Gasteiger partial charge on any atom is -0.316 e. The summed E-state index contributed by atoms with van der Waals surface area (Å²) < 4.78 is 68.0. The predicted molar refractivity (Wildman–Crippen MR) is 88.0 cm³/mol. The van der Waals surface area contributed by atoms with Crippen molar-refractivity contribution in [3.05, 3.63) is 71.4 Å². The molecule has 0 saturated heterocycles. The molecule has 0 spiro atoms. The number of aryl methyl sites for hydroxylation is 1. The monoisotopic (exact) mass is 381 g/mol. The molecule has 3 rings (SSSR count). The molecule has 0 atom stereocenters. The van der Waals surface area contributed by atoms with E-state index < -0.39 is 35.0 Å². The fourth-order valence-corrected chi connectivity index (χ4v) is 2.58. The van der Waals surface area contributed by atoms with Crippen LogP contribution in [-0.4, -0.2) is 15.7 Å². The smallest absolute Gasteiger partial charge is 0.316 e. The van der Waals surface area contributed by atoms with Crippen LogP contribution in [0, 0.1) is 11.6 Å². The van der Waals surface area contributed by atoms with Crippen molar-refractivity contribution in [2.75, 3.05) is 5.32 Å². The molecule has 0 aliphatic carbocycles. The number of amides is 1. The molecule has 0 fully saturated rings. The Labute approximate surface area is 150 Å². The minimum atomic E-state index is -4.60. The third kappa shape index (κ3) is 3.67. The average molecular weight is 381 g/mol. The van der Waals surface area contributed by atoms with Crippen LogP contribution in [0.15, 0.2) is 48.5 Å². The third-order valence-corrected chi connectivity index (χ3v) is 3.82. The van der Waals surface area contributed by atoms with Gasteiger partial charge in [0.1, 0.15) is 17.3 Å². The highest BCUT2D eigenvalue weighted by molar-refractivity contribution is 6.03. The Kier molecular flexibility index (Phi) is 4.69. The number of para-hydroxylation sites is 1. The quantitative estimate of drug-likeness (QED) is 0.672. The van der Waals surface area contributed by atoms with Crippen molar-refractivity contribution in [1.29, 1.82) is 0 Å². The lowest BCUT2D eigenvalue weighted by molar-refractivity contribution is -0.137. The Morgan fingerprint density at radius 3 is 2.30 bits per heavy atom. The zero-order valence-electron chi connectivity index (χ0n) is 13.8. The van der Waals surface area contributed by atoms with E-state index in [1.54, 1.807) is 0 Å². The van der Waals surface area contributed by atoms with Crippen molar-refractivity contribution in [3.8, 4) is 11.3 Å². The van der Waals surface area contributed by atoms with E-state index in [0.29, 0.717) is 0 Å². The molecule has 3 aromatic rings. The Morgan fingerprint density at radius 2 is 1.67 bits per heavy atom. The number of carbonyl (C=O) groups is 1. The average Bonchev–Trinajstić information content (AvgIpc) is 2.99. The van der Waals surface area contributed by atoms with Gasteiger partial charge in [-0.25, -0.2) is 8.78 Å². The summed E-state index contributed by atoms with van der Waals surface area (Å²) in [4.78, 5) is 12.3. The van der Waals surface area contributed by atoms with E-state index in [-0.39, 0.29) is 17.0 Å². The summed E-state index contributed by atoms with van der Waals surface area (Å²) in [7, 11) is 1.36. The number of rotatable bonds is 3. The molecule has 1 aromatic heterocycles. The van der Waals surface area contributed by atoms with E-state index in [1.165, 1.54) is 25.2 Å².